The number of hydrogen-bond donors (Lipinski definition) is 1. The van der Waals surface area contributed by atoms with E-state index < -0.39 is 0 Å². The van der Waals surface area contributed by atoms with E-state index >= 15 is 0 Å². The molecule has 4 rings (SSSR count). The van der Waals surface area contributed by atoms with Crippen molar-refractivity contribution >= 4 is 11.5 Å². The average molecular weight is 436 g/mol. The van der Waals surface area contributed by atoms with Gasteiger partial charge in [0.15, 0.2) is 0 Å². The number of carbonyl (C=O) groups is 1. The van der Waals surface area contributed by atoms with Gasteiger partial charge in [-0.05, 0) is 22.3 Å². The fourth-order valence-corrected chi connectivity index (χ4v) is 3.51. The van der Waals surface area contributed by atoms with Crippen LogP contribution in [-0.4, -0.2) is 16.7 Å². The van der Waals surface area contributed by atoms with Gasteiger partial charge in [0.05, 0.1) is 5.71 Å². The van der Waals surface area contributed by atoms with Gasteiger partial charge in [-0.25, -0.2) is 0 Å². The number of nitrogens with zero attached hydrogens (tertiary/aromatic N) is 1. The lowest BCUT2D eigenvalue weighted by molar-refractivity contribution is -0.117. The molecule has 4 aromatic rings. The number of hydrogen-bond acceptors (Lipinski definition) is 3. The first kappa shape index (κ1) is 23.7. The number of oxime groups is 1. The Hall–Kier alpha value is -3.98. The molecular formula is C30H29NO2. The highest BCUT2D eigenvalue weighted by Gasteiger charge is 2.05. The molecule has 0 aromatic heterocycles. The third-order valence-corrected chi connectivity index (χ3v) is 5.13. The lowest BCUT2D eigenvalue weighted by Crippen LogP contribution is -2.07. The van der Waals surface area contributed by atoms with Gasteiger partial charge in [-0.2, -0.15) is 0 Å². The van der Waals surface area contributed by atoms with Gasteiger partial charge in [-0.15, -0.1) is 0 Å². The summed E-state index contributed by atoms with van der Waals surface area (Å²) in [7, 11) is 0. The Morgan fingerprint density at radius 3 is 1.03 bits per heavy atom. The summed E-state index contributed by atoms with van der Waals surface area (Å²) in [6, 6.07) is 39.8. The van der Waals surface area contributed by atoms with Crippen molar-refractivity contribution in [1.82, 2.24) is 0 Å². The van der Waals surface area contributed by atoms with E-state index in [0.29, 0.717) is 25.7 Å². The van der Waals surface area contributed by atoms with E-state index in [-0.39, 0.29) is 5.78 Å². The molecule has 1 N–H and O–H groups in total. The van der Waals surface area contributed by atoms with E-state index in [1.54, 1.807) is 0 Å². The summed E-state index contributed by atoms with van der Waals surface area (Å²) in [5.74, 6) is 0.261. The second-order valence-electron chi connectivity index (χ2n) is 7.85. The van der Waals surface area contributed by atoms with Crippen LogP contribution in [0.25, 0.3) is 0 Å². The lowest BCUT2D eigenvalue weighted by Gasteiger charge is -2.04. The molecule has 0 heterocycles. The zero-order valence-corrected chi connectivity index (χ0v) is 18.7. The predicted molar refractivity (Wildman–Crippen MR) is 135 cm³/mol. The minimum atomic E-state index is 0.261. The third-order valence-electron chi connectivity index (χ3n) is 5.13. The molecule has 0 unspecified atom stereocenters. The zero-order chi connectivity index (χ0) is 23.1. The number of ketones is 1. The Bertz CT molecular complexity index is 1020. The summed E-state index contributed by atoms with van der Waals surface area (Å²) in [4.78, 5) is 11.8. The smallest absolute Gasteiger partial charge is 0.141 e. The Morgan fingerprint density at radius 2 is 0.758 bits per heavy atom. The van der Waals surface area contributed by atoms with E-state index in [1.165, 1.54) is 0 Å². The molecule has 0 bridgehead atoms. The monoisotopic (exact) mass is 435 g/mol. The van der Waals surface area contributed by atoms with Gasteiger partial charge in [0, 0.05) is 25.7 Å². The fraction of sp³-hybridized carbons (Fsp3) is 0.133. The highest BCUT2D eigenvalue weighted by molar-refractivity contribution is 5.88. The summed E-state index contributed by atoms with van der Waals surface area (Å²) < 4.78 is 0. The first-order chi connectivity index (χ1) is 16.2. The van der Waals surface area contributed by atoms with Crippen molar-refractivity contribution in [2.75, 3.05) is 0 Å². The molecule has 4 aromatic carbocycles. The maximum Gasteiger partial charge on any atom is 0.141 e. The van der Waals surface area contributed by atoms with Crippen molar-refractivity contribution in [2.45, 2.75) is 25.7 Å². The Kier molecular flexibility index (Phi) is 9.64. The molecule has 33 heavy (non-hydrogen) atoms. The summed E-state index contributed by atoms with van der Waals surface area (Å²) in [5.41, 5.74) is 5.28. The van der Waals surface area contributed by atoms with Gasteiger partial charge in [0.25, 0.3) is 0 Å². The highest BCUT2D eigenvalue weighted by Crippen LogP contribution is 2.07. The number of rotatable bonds is 8. The molecule has 0 aliphatic heterocycles. The number of carbonyl (C=O) groups excluding carboxylic acids is 1. The van der Waals surface area contributed by atoms with Crippen molar-refractivity contribution in [1.29, 1.82) is 0 Å². The minimum absolute atomic E-state index is 0.261. The quantitative estimate of drug-likeness (QED) is 0.199. The molecule has 0 spiro atoms. The van der Waals surface area contributed by atoms with E-state index in [4.69, 9.17) is 5.21 Å². The van der Waals surface area contributed by atoms with Crippen LogP contribution in [0.4, 0.5) is 0 Å². The van der Waals surface area contributed by atoms with Crippen LogP contribution in [0.1, 0.15) is 22.3 Å². The first-order valence-corrected chi connectivity index (χ1v) is 11.1. The highest BCUT2D eigenvalue weighted by atomic mass is 16.4. The van der Waals surface area contributed by atoms with Crippen LogP contribution in [0.15, 0.2) is 126 Å². The van der Waals surface area contributed by atoms with E-state index in [2.05, 4.69) is 5.16 Å². The normalized spacial score (nSPS) is 9.94. The maximum atomic E-state index is 11.8. The van der Waals surface area contributed by atoms with Crippen molar-refractivity contribution in [2.24, 2.45) is 5.16 Å². The van der Waals surface area contributed by atoms with Crippen LogP contribution < -0.4 is 0 Å². The molecule has 0 aliphatic rings. The SMILES string of the molecule is O=C(Cc1ccccc1)Cc1ccccc1.ON=C(Cc1ccccc1)Cc1ccccc1. The van der Waals surface area contributed by atoms with Crippen molar-refractivity contribution in [3.63, 3.8) is 0 Å². The molecular weight excluding hydrogens is 406 g/mol. The van der Waals surface area contributed by atoms with Crippen LogP contribution in [0.3, 0.4) is 0 Å². The maximum absolute atomic E-state index is 11.8. The van der Waals surface area contributed by atoms with Crippen LogP contribution >= 0.6 is 0 Å². The molecule has 0 atom stereocenters. The van der Waals surface area contributed by atoms with E-state index in [0.717, 1.165) is 28.0 Å². The number of benzene rings is 4. The van der Waals surface area contributed by atoms with Crippen molar-refractivity contribution in [3.05, 3.63) is 144 Å². The van der Waals surface area contributed by atoms with Gasteiger partial charge in [-0.1, -0.05) is 126 Å². The largest absolute Gasteiger partial charge is 0.411 e. The minimum Gasteiger partial charge on any atom is -0.411 e. The van der Waals surface area contributed by atoms with Gasteiger partial charge in [0.1, 0.15) is 5.78 Å². The summed E-state index contributed by atoms with van der Waals surface area (Å²) in [6.45, 7) is 0. The van der Waals surface area contributed by atoms with Gasteiger partial charge < -0.3 is 5.21 Å². The summed E-state index contributed by atoms with van der Waals surface area (Å²) in [5, 5.41) is 12.4. The van der Waals surface area contributed by atoms with Crippen LogP contribution in [0.2, 0.25) is 0 Å². The summed E-state index contributed by atoms with van der Waals surface area (Å²) in [6.07, 6.45) is 2.42. The lowest BCUT2D eigenvalue weighted by atomic mass is 10.0. The van der Waals surface area contributed by atoms with Gasteiger partial charge in [-0.3, -0.25) is 4.79 Å². The molecule has 0 saturated carbocycles. The Labute approximate surface area is 196 Å². The Balaban J connectivity index is 0.000000186. The Morgan fingerprint density at radius 1 is 0.485 bits per heavy atom. The molecule has 0 saturated heterocycles. The standard InChI is InChI=1S/C15H15NO.C15H14O/c17-16-15(11-13-7-3-1-4-8-13)12-14-9-5-2-6-10-14;16-15(11-13-7-3-1-4-8-13)12-14-9-5-2-6-10-14/h1-10,17H,11-12H2;1-10H,11-12H2. The molecule has 3 heteroatoms. The summed E-state index contributed by atoms with van der Waals surface area (Å²) >= 11 is 0. The third kappa shape index (κ3) is 8.96. The first-order valence-electron chi connectivity index (χ1n) is 11.1. The van der Waals surface area contributed by atoms with Crippen molar-refractivity contribution in [3.8, 4) is 0 Å². The molecule has 3 nitrogen and oxygen atoms in total. The second-order valence-corrected chi connectivity index (χ2v) is 7.85. The predicted octanol–water partition coefficient (Wildman–Crippen LogP) is 6.34. The average Bonchev–Trinajstić information content (AvgIpc) is 2.86. The van der Waals surface area contributed by atoms with E-state index in [1.807, 2.05) is 121 Å². The van der Waals surface area contributed by atoms with E-state index in [9.17, 15) is 4.79 Å². The second kappa shape index (κ2) is 13.4. The molecule has 166 valence electrons. The van der Waals surface area contributed by atoms with Crippen LogP contribution in [0, 0.1) is 0 Å². The molecule has 0 radical (unpaired) electrons. The molecule has 0 aliphatic carbocycles. The van der Waals surface area contributed by atoms with Crippen molar-refractivity contribution < 1.29 is 10.0 Å². The van der Waals surface area contributed by atoms with Crippen LogP contribution in [-0.2, 0) is 30.5 Å². The zero-order valence-electron chi connectivity index (χ0n) is 18.7. The van der Waals surface area contributed by atoms with Gasteiger partial charge in [0.2, 0.25) is 0 Å². The molecule has 0 amide bonds. The molecule has 0 fully saturated rings. The van der Waals surface area contributed by atoms with Crippen LogP contribution in [0.5, 0.6) is 0 Å². The topological polar surface area (TPSA) is 49.7 Å². The fourth-order valence-electron chi connectivity index (χ4n) is 3.51. The van der Waals surface area contributed by atoms with Gasteiger partial charge >= 0.3 is 0 Å². The number of Topliss-reactive ketones (excluding diaryl/α,β-unsaturated/α-hetero) is 1.